The highest BCUT2D eigenvalue weighted by Crippen LogP contribution is 2.55. The van der Waals surface area contributed by atoms with Crippen molar-refractivity contribution in [2.45, 2.75) is 12.4 Å². The molecule has 0 N–H and O–H groups in total. The summed E-state index contributed by atoms with van der Waals surface area (Å²) in [6.45, 7) is 0. The lowest BCUT2D eigenvalue weighted by Gasteiger charge is -2.14. The predicted molar refractivity (Wildman–Crippen MR) is 150 cm³/mol. The Morgan fingerprint density at radius 3 is 1.06 bits per heavy atom. The maximum atomic E-state index is 15.3. The van der Waals surface area contributed by atoms with Crippen LogP contribution in [0, 0.1) is 79.6 Å². The molecule has 48 heavy (non-hydrogen) atoms. The molecule has 0 atom stereocenters. The first-order chi connectivity index (χ1) is 22.7. The third-order valence-corrected chi connectivity index (χ3v) is 7.54. The Hall–Kier alpha value is -7.00. The molecule has 0 bridgehead atoms. The van der Waals surface area contributed by atoms with Gasteiger partial charge in [-0.3, -0.25) is 0 Å². The van der Waals surface area contributed by atoms with Gasteiger partial charge in [0, 0.05) is 44.5 Å². The van der Waals surface area contributed by atoms with Crippen molar-refractivity contribution < 1.29 is 35.1 Å². The summed E-state index contributed by atoms with van der Waals surface area (Å²) in [6, 6.07) is 14.9. The van der Waals surface area contributed by atoms with Crippen LogP contribution in [0.5, 0.6) is 0 Å². The minimum Gasteiger partial charge on any atom is -0.206 e. The number of allylic oxidation sites excluding steroid dienone is 8. The second kappa shape index (κ2) is 11.4. The van der Waals surface area contributed by atoms with E-state index in [4.69, 9.17) is 0 Å². The first kappa shape index (κ1) is 32.4. The lowest BCUT2D eigenvalue weighted by molar-refractivity contribution is -0.138. The minimum atomic E-state index is -4.94. The number of halogens is 8. The second-order valence-electron chi connectivity index (χ2n) is 10.00. The topological polar surface area (TPSA) is 143 Å². The SMILES string of the molecule is N#CC(C#N)=C1C(c2ccc(C(F)(F)F)cc2F)=C(C#N)c2cc3c(cc21)C(=C(C#N)C#N)C(c1ccc(C(F)(F)F)cc1F)=C3C#N. The van der Waals surface area contributed by atoms with Crippen LogP contribution in [-0.4, -0.2) is 0 Å². The Bertz CT molecular complexity index is 2200. The molecule has 0 spiro atoms. The third-order valence-electron chi connectivity index (χ3n) is 7.54. The van der Waals surface area contributed by atoms with Crippen molar-refractivity contribution in [3.05, 3.63) is 116 Å². The monoisotopic (exact) mass is 652 g/mol. The molecule has 0 saturated carbocycles. The van der Waals surface area contributed by atoms with E-state index in [9.17, 15) is 57.9 Å². The van der Waals surface area contributed by atoms with Gasteiger partial charge in [-0.15, -0.1) is 0 Å². The molecular formula is C34H8F8N6. The molecule has 0 aromatic heterocycles. The van der Waals surface area contributed by atoms with Crippen molar-refractivity contribution in [2.75, 3.05) is 0 Å². The summed E-state index contributed by atoms with van der Waals surface area (Å²) in [6.07, 6.45) is -9.89. The molecule has 0 fully saturated rings. The molecule has 0 heterocycles. The zero-order chi connectivity index (χ0) is 35.3. The van der Waals surface area contributed by atoms with Crippen LogP contribution in [0.4, 0.5) is 35.1 Å². The molecule has 0 unspecified atom stereocenters. The summed E-state index contributed by atoms with van der Waals surface area (Å²) in [5.41, 5.74) is -8.59. The molecule has 230 valence electrons. The molecule has 6 nitrogen and oxygen atoms in total. The van der Waals surface area contributed by atoms with Crippen molar-refractivity contribution in [1.29, 1.82) is 31.6 Å². The van der Waals surface area contributed by atoms with Gasteiger partial charge in [0.1, 0.15) is 59.2 Å². The smallest absolute Gasteiger partial charge is 0.206 e. The molecule has 2 aliphatic carbocycles. The quantitative estimate of drug-likeness (QED) is 0.201. The molecule has 0 radical (unpaired) electrons. The normalized spacial score (nSPS) is 13.5. The van der Waals surface area contributed by atoms with E-state index in [1.165, 1.54) is 0 Å². The largest absolute Gasteiger partial charge is 0.416 e. The zero-order valence-corrected chi connectivity index (χ0v) is 23.3. The number of rotatable bonds is 2. The first-order valence-electron chi connectivity index (χ1n) is 13.0. The third kappa shape index (κ3) is 4.92. The van der Waals surface area contributed by atoms with E-state index in [0.717, 1.165) is 12.1 Å². The van der Waals surface area contributed by atoms with Crippen LogP contribution in [-0.2, 0) is 12.4 Å². The van der Waals surface area contributed by atoms with Crippen LogP contribution in [0.2, 0.25) is 0 Å². The number of nitrogens with zero attached hydrogens (tertiary/aromatic N) is 6. The zero-order valence-electron chi connectivity index (χ0n) is 23.3. The summed E-state index contributed by atoms with van der Waals surface area (Å²) in [7, 11) is 0. The number of hydrogen-bond donors (Lipinski definition) is 0. The Kier molecular flexibility index (Phi) is 7.71. The van der Waals surface area contributed by atoms with Crippen molar-refractivity contribution in [3.8, 4) is 36.4 Å². The Morgan fingerprint density at radius 2 is 0.792 bits per heavy atom. The highest BCUT2D eigenvalue weighted by Gasteiger charge is 2.40. The maximum Gasteiger partial charge on any atom is 0.416 e. The van der Waals surface area contributed by atoms with E-state index in [1.807, 2.05) is 0 Å². The number of hydrogen-bond acceptors (Lipinski definition) is 6. The molecule has 0 aliphatic heterocycles. The van der Waals surface area contributed by atoms with Gasteiger partial charge in [-0.1, -0.05) is 12.1 Å². The average Bonchev–Trinajstić information content (AvgIpc) is 3.52. The molecule has 2 aliphatic rings. The highest BCUT2D eigenvalue weighted by atomic mass is 19.4. The van der Waals surface area contributed by atoms with Crippen LogP contribution in [0.1, 0.15) is 44.5 Å². The van der Waals surface area contributed by atoms with E-state index in [2.05, 4.69) is 0 Å². The number of nitriles is 6. The van der Waals surface area contributed by atoms with E-state index in [-0.39, 0.29) is 34.4 Å². The Labute approximate surface area is 264 Å². The predicted octanol–water partition coefficient (Wildman–Crippen LogP) is 8.50. The fourth-order valence-corrected chi connectivity index (χ4v) is 5.57. The average molecular weight is 652 g/mol. The van der Waals surface area contributed by atoms with E-state index in [1.54, 1.807) is 36.4 Å². The van der Waals surface area contributed by atoms with E-state index >= 15 is 8.78 Å². The summed E-state index contributed by atoms with van der Waals surface area (Å²) < 4.78 is 110. The second-order valence-corrected chi connectivity index (χ2v) is 10.00. The summed E-state index contributed by atoms with van der Waals surface area (Å²) >= 11 is 0. The lowest BCUT2D eigenvalue weighted by atomic mass is 9.88. The van der Waals surface area contributed by atoms with Crippen LogP contribution < -0.4 is 0 Å². The van der Waals surface area contributed by atoms with Crippen molar-refractivity contribution in [3.63, 3.8) is 0 Å². The maximum absolute atomic E-state index is 15.3. The van der Waals surface area contributed by atoms with Gasteiger partial charge >= 0.3 is 12.4 Å². The minimum absolute atomic E-state index is 0.153. The highest BCUT2D eigenvalue weighted by molar-refractivity contribution is 6.29. The van der Waals surface area contributed by atoms with Crippen LogP contribution in [0.15, 0.2) is 59.7 Å². The standard InChI is InChI=1S/C34H8F8N6/c35-27-5-17(33(37,38)39)1-3-19(27)31-25(13-47)21-7-22-24(8-23(21)29(31)15(9-43)10-44)30(16(11-45)12-46)32(26(22)14-48)20-4-2-18(6-28(20)36)34(40,41)42/h1-8H. The Balaban J connectivity index is 1.90. The van der Waals surface area contributed by atoms with Crippen molar-refractivity contribution in [1.82, 2.24) is 0 Å². The van der Waals surface area contributed by atoms with Gasteiger partial charge < -0.3 is 0 Å². The molecule has 0 amide bonds. The molecular weight excluding hydrogens is 644 g/mol. The summed E-state index contributed by atoms with van der Waals surface area (Å²) in [5.74, 6) is -2.93. The van der Waals surface area contributed by atoms with E-state index in [0.29, 0.717) is 24.3 Å². The fraction of sp³-hybridized carbons (Fsp3) is 0.0588. The molecule has 3 aromatic carbocycles. The van der Waals surface area contributed by atoms with Crippen LogP contribution in [0.3, 0.4) is 0 Å². The van der Waals surface area contributed by atoms with E-state index < -0.39 is 90.8 Å². The number of fused-ring (bicyclic) bond motifs is 2. The van der Waals surface area contributed by atoms with Crippen LogP contribution >= 0.6 is 0 Å². The van der Waals surface area contributed by atoms with Gasteiger partial charge in [-0.05, 0) is 47.5 Å². The van der Waals surface area contributed by atoms with Crippen molar-refractivity contribution in [2.24, 2.45) is 0 Å². The summed E-state index contributed by atoms with van der Waals surface area (Å²) in [5, 5.41) is 59.6. The van der Waals surface area contributed by atoms with Gasteiger partial charge in [0.15, 0.2) is 0 Å². The lowest BCUT2D eigenvalue weighted by Crippen LogP contribution is -2.06. The molecule has 0 saturated heterocycles. The van der Waals surface area contributed by atoms with Gasteiger partial charge in [-0.2, -0.15) is 57.9 Å². The van der Waals surface area contributed by atoms with Gasteiger partial charge in [0.25, 0.3) is 0 Å². The molecule has 3 aromatic rings. The van der Waals surface area contributed by atoms with Crippen molar-refractivity contribution >= 4 is 33.4 Å². The van der Waals surface area contributed by atoms with Gasteiger partial charge in [-0.25, -0.2) is 8.78 Å². The van der Waals surface area contributed by atoms with Crippen LogP contribution in [0.25, 0.3) is 33.4 Å². The fourth-order valence-electron chi connectivity index (χ4n) is 5.57. The molecule has 14 heteroatoms. The number of alkyl halides is 6. The summed E-state index contributed by atoms with van der Waals surface area (Å²) in [4.78, 5) is 0. The van der Waals surface area contributed by atoms with Gasteiger partial charge in [0.05, 0.1) is 22.3 Å². The Morgan fingerprint density at radius 1 is 0.458 bits per heavy atom. The first-order valence-corrected chi connectivity index (χ1v) is 13.0. The number of benzene rings is 3. The molecule has 5 rings (SSSR count). The van der Waals surface area contributed by atoms with Gasteiger partial charge in [0.2, 0.25) is 0 Å².